The van der Waals surface area contributed by atoms with Gasteiger partial charge in [-0.25, -0.2) is 0 Å². The van der Waals surface area contributed by atoms with Gasteiger partial charge in [-0.2, -0.15) is 0 Å². The van der Waals surface area contributed by atoms with Crippen molar-refractivity contribution in [2.24, 2.45) is 17.8 Å². The lowest BCUT2D eigenvalue weighted by molar-refractivity contribution is -0.145. The predicted octanol–water partition coefficient (Wildman–Crippen LogP) is 3.09. The molecule has 1 aliphatic rings. The number of hydrogen-bond acceptors (Lipinski definition) is 2. The molecule has 0 radical (unpaired) electrons. The number of rotatable bonds is 4. The summed E-state index contributed by atoms with van der Waals surface area (Å²) in [7, 11) is 0. The number of amides is 1. The Morgan fingerprint density at radius 3 is 2.52 bits per heavy atom. The third kappa shape index (κ3) is 3.26. The molecule has 4 nitrogen and oxygen atoms in total. The quantitative estimate of drug-likeness (QED) is 0.926. The number of carboxylic acid groups (broad SMARTS) is 1. The van der Waals surface area contributed by atoms with Gasteiger partial charge in [0.15, 0.2) is 0 Å². The van der Waals surface area contributed by atoms with E-state index in [4.69, 9.17) is 0 Å². The largest absolute Gasteiger partial charge is 0.481 e. The zero-order valence-electron chi connectivity index (χ0n) is 12.9. The fraction of sp³-hybridized carbons (Fsp3) is 0.529. The lowest BCUT2D eigenvalue weighted by atomic mass is 9.94. The van der Waals surface area contributed by atoms with Gasteiger partial charge in [0.2, 0.25) is 5.91 Å². The second-order valence-corrected chi connectivity index (χ2v) is 6.05. The van der Waals surface area contributed by atoms with Gasteiger partial charge in [0.1, 0.15) is 0 Å². The normalized spacial score (nSPS) is 24.8. The molecular formula is C17H23NO3. The maximum atomic E-state index is 12.8. The van der Waals surface area contributed by atoms with Crippen molar-refractivity contribution >= 4 is 17.6 Å². The molecule has 4 heteroatoms. The van der Waals surface area contributed by atoms with Crippen molar-refractivity contribution in [3.63, 3.8) is 0 Å². The number of carbonyl (C=O) groups excluding carboxylic acids is 1. The summed E-state index contributed by atoms with van der Waals surface area (Å²) in [6.45, 7) is 6.49. The molecule has 21 heavy (non-hydrogen) atoms. The smallest absolute Gasteiger partial charge is 0.307 e. The molecule has 0 aliphatic heterocycles. The first-order chi connectivity index (χ1) is 9.93. The highest BCUT2D eigenvalue weighted by Gasteiger charge is 2.42. The van der Waals surface area contributed by atoms with Crippen LogP contribution in [0.3, 0.4) is 0 Å². The first kappa shape index (κ1) is 15.5. The fourth-order valence-electron chi connectivity index (χ4n) is 3.30. The van der Waals surface area contributed by atoms with Crippen LogP contribution in [0, 0.1) is 24.7 Å². The molecule has 0 saturated heterocycles. The van der Waals surface area contributed by atoms with Crippen molar-refractivity contribution in [1.29, 1.82) is 0 Å². The van der Waals surface area contributed by atoms with Crippen molar-refractivity contribution in [3.05, 3.63) is 29.8 Å². The molecule has 3 atom stereocenters. The summed E-state index contributed by atoms with van der Waals surface area (Å²) in [5, 5.41) is 9.35. The molecule has 1 aromatic carbocycles. The van der Waals surface area contributed by atoms with Crippen LogP contribution in [0.2, 0.25) is 0 Å². The lowest BCUT2D eigenvalue weighted by Gasteiger charge is -2.26. The van der Waals surface area contributed by atoms with Crippen LogP contribution in [0.25, 0.3) is 0 Å². The minimum Gasteiger partial charge on any atom is -0.481 e. The summed E-state index contributed by atoms with van der Waals surface area (Å²) in [6.07, 6.45) is 1.26. The maximum Gasteiger partial charge on any atom is 0.307 e. The third-order valence-corrected chi connectivity index (χ3v) is 4.33. The van der Waals surface area contributed by atoms with Crippen molar-refractivity contribution in [2.75, 3.05) is 11.4 Å². The number of benzene rings is 1. The van der Waals surface area contributed by atoms with Gasteiger partial charge < -0.3 is 10.0 Å². The molecule has 1 aromatic rings. The van der Waals surface area contributed by atoms with E-state index in [1.165, 1.54) is 0 Å². The summed E-state index contributed by atoms with van der Waals surface area (Å²) in [5.74, 6) is -1.57. The van der Waals surface area contributed by atoms with Gasteiger partial charge >= 0.3 is 5.97 Å². The van der Waals surface area contributed by atoms with Crippen LogP contribution in [-0.4, -0.2) is 23.5 Å². The van der Waals surface area contributed by atoms with E-state index < -0.39 is 17.8 Å². The molecule has 0 bridgehead atoms. The van der Waals surface area contributed by atoms with Crippen LogP contribution < -0.4 is 4.90 Å². The summed E-state index contributed by atoms with van der Waals surface area (Å²) in [4.78, 5) is 25.9. The van der Waals surface area contributed by atoms with Gasteiger partial charge in [0, 0.05) is 12.2 Å². The summed E-state index contributed by atoms with van der Waals surface area (Å²) in [6, 6.07) is 7.78. The van der Waals surface area contributed by atoms with Crippen LogP contribution in [0.15, 0.2) is 24.3 Å². The van der Waals surface area contributed by atoms with E-state index in [-0.39, 0.29) is 11.8 Å². The van der Waals surface area contributed by atoms with E-state index in [1.807, 2.05) is 45.0 Å². The standard InChI is InChI=1S/C17H23NO3/c1-4-18(13-7-5-6-11(2)8-13)16(19)14-9-12(3)10-15(14)17(20)21/h5-8,12,14-15H,4,9-10H2,1-3H3,(H,20,21)/t12?,14-,15+/m0/s1. The van der Waals surface area contributed by atoms with E-state index in [0.29, 0.717) is 19.4 Å². The number of carbonyl (C=O) groups is 2. The van der Waals surface area contributed by atoms with Crippen molar-refractivity contribution in [1.82, 2.24) is 0 Å². The fourth-order valence-corrected chi connectivity index (χ4v) is 3.30. The summed E-state index contributed by atoms with van der Waals surface area (Å²) >= 11 is 0. The Morgan fingerprint density at radius 1 is 1.29 bits per heavy atom. The average molecular weight is 289 g/mol. The van der Waals surface area contributed by atoms with Gasteiger partial charge in [-0.05, 0) is 50.3 Å². The van der Waals surface area contributed by atoms with E-state index >= 15 is 0 Å². The Kier molecular flexibility index (Phi) is 4.66. The Hall–Kier alpha value is -1.84. The minimum absolute atomic E-state index is 0.0557. The number of aliphatic carboxylic acids is 1. The third-order valence-electron chi connectivity index (χ3n) is 4.33. The monoisotopic (exact) mass is 289 g/mol. The molecule has 1 saturated carbocycles. The summed E-state index contributed by atoms with van der Waals surface area (Å²) < 4.78 is 0. The average Bonchev–Trinajstić information content (AvgIpc) is 2.82. The minimum atomic E-state index is -0.849. The van der Waals surface area contributed by atoms with Crippen molar-refractivity contribution in [2.45, 2.75) is 33.6 Å². The molecule has 0 spiro atoms. The van der Waals surface area contributed by atoms with E-state index in [9.17, 15) is 14.7 Å². The van der Waals surface area contributed by atoms with Gasteiger partial charge in [0.05, 0.1) is 11.8 Å². The van der Waals surface area contributed by atoms with Crippen LogP contribution in [0.1, 0.15) is 32.3 Å². The highest BCUT2D eigenvalue weighted by Crippen LogP contribution is 2.38. The van der Waals surface area contributed by atoms with Crippen molar-refractivity contribution in [3.8, 4) is 0 Å². The molecule has 0 aromatic heterocycles. The first-order valence-corrected chi connectivity index (χ1v) is 7.54. The summed E-state index contributed by atoms with van der Waals surface area (Å²) in [5.41, 5.74) is 1.94. The van der Waals surface area contributed by atoms with E-state index in [2.05, 4.69) is 0 Å². The molecule has 1 amide bonds. The van der Waals surface area contributed by atoms with Crippen LogP contribution in [0.4, 0.5) is 5.69 Å². The molecular weight excluding hydrogens is 266 g/mol. The number of anilines is 1. The molecule has 1 fully saturated rings. The highest BCUT2D eigenvalue weighted by atomic mass is 16.4. The maximum absolute atomic E-state index is 12.8. The number of aryl methyl sites for hydroxylation is 1. The Morgan fingerprint density at radius 2 is 1.95 bits per heavy atom. The molecule has 1 aliphatic carbocycles. The van der Waals surface area contributed by atoms with Crippen LogP contribution in [-0.2, 0) is 9.59 Å². The molecule has 1 unspecified atom stereocenters. The van der Waals surface area contributed by atoms with E-state index in [1.54, 1.807) is 4.90 Å². The van der Waals surface area contributed by atoms with Crippen molar-refractivity contribution < 1.29 is 14.7 Å². The van der Waals surface area contributed by atoms with Crippen LogP contribution in [0.5, 0.6) is 0 Å². The second-order valence-electron chi connectivity index (χ2n) is 6.05. The number of nitrogens with zero attached hydrogens (tertiary/aromatic N) is 1. The Bertz CT molecular complexity index is 541. The van der Waals surface area contributed by atoms with Gasteiger partial charge in [-0.3, -0.25) is 9.59 Å². The highest BCUT2D eigenvalue weighted by molar-refractivity contribution is 5.97. The molecule has 114 valence electrons. The number of hydrogen-bond donors (Lipinski definition) is 1. The second kappa shape index (κ2) is 6.29. The van der Waals surface area contributed by atoms with Crippen LogP contribution >= 0.6 is 0 Å². The molecule has 2 rings (SSSR count). The predicted molar refractivity (Wildman–Crippen MR) is 82.2 cm³/mol. The van der Waals surface area contributed by atoms with Gasteiger partial charge in [-0.15, -0.1) is 0 Å². The SMILES string of the molecule is CCN(C(=O)[C@H]1CC(C)C[C@H]1C(=O)O)c1cccc(C)c1. The number of carboxylic acids is 1. The Balaban J connectivity index is 2.26. The first-order valence-electron chi connectivity index (χ1n) is 7.54. The zero-order chi connectivity index (χ0) is 15.6. The van der Waals surface area contributed by atoms with Gasteiger partial charge in [0.25, 0.3) is 0 Å². The topological polar surface area (TPSA) is 57.6 Å². The van der Waals surface area contributed by atoms with Gasteiger partial charge in [-0.1, -0.05) is 19.1 Å². The molecule has 1 N–H and O–H groups in total. The Labute approximate surface area is 125 Å². The molecule has 0 heterocycles. The van der Waals surface area contributed by atoms with E-state index in [0.717, 1.165) is 11.3 Å². The zero-order valence-corrected chi connectivity index (χ0v) is 12.9. The lowest BCUT2D eigenvalue weighted by Crippen LogP contribution is -2.39.